The molecule has 0 spiro atoms. The zero-order valence-corrected chi connectivity index (χ0v) is 11.3. The summed E-state index contributed by atoms with van der Waals surface area (Å²) in [6.45, 7) is -0.145. The second kappa shape index (κ2) is 5.62. The van der Waals surface area contributed by atoms with Gasteiger partial charge in [-0.25, -0.2) is 20.4 Å². The summed E-state index contributed by atoms with van der Waals surface area (Å²) in [5, 5.41) is 8.44. The summed E-state index contributed by atoms with van der Waals surface area (Å²) in [7, 11) is 0. The number of rotatable bonds is 4. The highest BCUT2D eigenvalue weighted by Gasteiger charge is 2.28. The second-order valence-electron chi connectivity index (χ2n) is 5.02. The summed E-state index contributed by atoms with van der Waals surface area (Å²) in [5.41, 5.74) is 8.63. The lowest BCUT2D eigenvalue weighted by Crippen LogP contribution is -2.26. The van der Waals surface area contributed by atoms with Gasteiger partial charge in [0.15, 0.2) is 11.5 Å². The van der Waals surface area contributed by atoms with Gasteiger partial charge in [-0.3, -0.25) is 10.0 Å². The molecular formula is C12H16N6O3. The molecule has 112 valence electrons. The average molecular weight is 292 g/mol. The number of carbonyl (C=O) groups excluding carboxylic acids is 1. The number of nitrogen functional groups attached to an aromatic ring is 1. The van der Waals surface area contributed by atoms with Crippen molar-refractivity contribution in [3.63, 3.8) is 0 Å². The lowest BCUT2D eigenvalue weighted by Gasteiger charge is -2.13. The third kappa shape index (κ3) is 2.65. The maximum atomic E-state index is 11.0. The highest BCUT2D eigenvalue weighted by molar-refractivity contribution is 5.81. The van der Waals surface area contributed by atoms with Gasteiger partial charge in [-0.1, -0.05) is 0 Å². The summed E-state index contributed by atoms with van der Waals surface area (Å²) in [6, 6.07) is 0.200. The fourth-order valence-electron chi connectivity index (χ4n) is 2.68. The molecule has 2 heterocycles. The van der Waals surface area contributed by atoms with E-state index < -0.39 is 5.91 Å². The number of aromatic nitrogens is 4. The van der Waals surface area contributed by atoms with Crippen molar-refractivity contribution in [1.29, 1.82) is 0 Å². The normalized spacial score (nSPS) is 21.8. The number of anilines is 1. The monoisotopic (exact) mass is 292 g/mol. The second-order valence-corrected chi connectivity index (χ2v) is 5.02. The quantitative estimate of drug-likeness (QED) is 0.535. The van der Waals surface area contributed by atoms with Crippen LogP contribution in [0, 0.1) is 0 Å². The molecule has 4 N–H and O–H groups in total. The Bertz CT molecular complexity index is 657. The Balaban J connectivity index is 1.70. The standard InChI is InChI=1S/C12H16N6O3/c13-11-10-12(15-5-14-11)18(6-16-10)7-1-2-8(3-7)21-4-9(19)17-20/h5-8,20H,1-4H2,(H,17,19)(H2,13,14,15)/t7-,8+/m0/s1. The number of hydroxylamine groups is 1. The molecule has 1 amide bonds. The van der Waals surface area contributed by atoms with Crippen LogP contribution in [0.15, 0.2) is 12.7 Å². The number of carbonyl (C=O) groups is 1. The number of fused-ring (bicyclic) bond motifs is 1. The Hall–Kier alpha value is -2.26. The number of hydrogen-bond donors (Lipinski definition) is 3. The minimum Gasteiger partial charge on any atom is -0.382 e. The van der Waals surface area contributed by atoms with E-state index in [1.165, 1.54) is 6.33 Å². The van der Waals surface area contributed by atoms with E-state index in [4.69, 9.17) is 15.7 Å². The van der Waals surface area contributed by atoms with E-state index >= 15 is 0 Å². The molecule has 0 unspecified atom stereocenters. The van der Waals surface area contributed by atoms with Crippen LogP contribution in [0.5, 0.6) is 0 Å². The number of nitrogens with zero attached hydrogens (tertiary/aromatic N) is 4. The van der Waals surface area contributed by atoms with Gasteiger partial charge < -0.3 is 15.0 Å². The molecule has 0 aliphatic heterocycles. The molecule has 9 heteroatoms. The molecule has 1 fully saturated rings. The SMILES string of the molecule is Nc1ncnc2c1ncn2[C@H]1CC[C@@H](OCC(=O)NO)C1. The summed E-state index contributed by atoms with van der Waals surface area (Å²) in [5.74, 6) is -0.184. The Morgan fingerprint density at radius 1 is 1.48 bits per heavy atom. The van der Waals surface area contributed by atoms with E-state index in [1.54, 1.807) is 11.8 Å². The number of hydrogen-bond acceptors (Lipinski definition) is 7. The van der Waals surface area contributed by atoms with Gasteiger partial charge in [0.1, 0.15) is 18.5 Å². The third-order valence-corrected chi connectivity index (χ3v) is 3.71. The van der Waals surface area contributed by atoms with Crippen molar-refractivity contribution in [1.82, 2.24) is 25.0 Å². The van der Waals surface area contributed by atoms with Crippen molar-refractivity contribution in [2.24, 2.45) is 0 Å². The lowest BCUT2D eigenvalue weighted by molar-refractivity contribution is -0.135. The molecular weight excluding hydrogens is 276 g/mol. The van der Waals surface area contributed by atoms with Gasteiger partial charge >= 0.3 is 0 Å². The van der Waals surface area contributed by atoms with Crippen LogP contribution in [0.4, 0.5) is 5.82 Å². The van der Waals surface area contributed by atoms with Gasteiger partial charge in [-0.2, -0.15) is 0 Å². The molecule has 3 rings (SSSR count). The predicted octanol–water partition coefficient (Wildman–Crippen LogP) is 0.0241. The third-order valence-electron chi connectivity index (χ3n) is 3.71. The Morgan fingerprint density at radius 3 is 3.14 bits per heavy atom. The van der Waals surface area contributed by atoms with E-state index in [0.29, 0.717) is 17.0 Å². The lowest BCUT2D eigenvalue weighted by atomic mass is 10.2. The first-order valence-corrected chi connectivity index (χ1v) is 6.66. The number of amides is 1. The van der Waals surface area contributed by atoms with E-state index in [9.17, 15) is 4.79 Å². The predicted molar refractivity (Wildman–Crippen MR) is 72.3 cm³/mol. The Labute approximate surface area is 120 Å². The smallest absolute Gasteiger partial charge is 0.269 e. The molecule has 0 radical (unpaired) electrons. The van der Waals surface area contributed by atoms with E-state index in [0.717, 1.165) is 19.3 Å². The molecule has 1 aliphatic carbocycles. The zero-order chi connectivity index (χ0) is 14.8. The molecule has 2 aromatic rings. The first kappa shape index (κ1) is 13.7. The minimum absolute atomic E-state index is 0.0241. The minimum atomic E-state index is -0.549. The van der Waals surface area contributed by atoms with Crippen molar-refractivity contribution in [2.45, 2.75) is 31.4 Å². The first-order valence-electron chi connectivity index (χ1n) is 6.66. The number of imidazole rings is 1. The molecule has 1 aliphatic rings. The van der Waals surface area contributed by atoms with Gasteiger partial charge in [-0.15, -0.1) is 0 Å². The summed E-state index contributed by atoms with van der Waals surface area (Å²) in [4.78, 5) is 23.4. The van der Waals surface area contributed by atoms with Crippen molar-refractivity contribution in [2.75, 3.05) is 12.3 Å². The molecule has 0 bridgehead atoms. The van der Waals surface area contributed by atoms with Gasteiger partial charge in [0.2, 0.25) is 0 Å². The van der Waals surface area contributed by atoms with E-state index in [1.807, 2.05) is 4.57 Å². The van der Waals surface area contributed by atoms with Crippen LogP contribution in [-0.4, -0.2) is 43.3 Å². The van der Waals surface area contributed by atoms with Crippen molar-refractivity contribution < 1.29 is 14.7 Å². The van der Waals surface area contributed by atoms with E-state index in [-0.39, 0.29) is 18.8 Å². The maximum Gasteiger partial charge on any atom is 0.269 e. The largest absolute Gasteiger partial charge is 0.382 e. The van der Waals surface area contributed by atoms with Crippen LogP contribution < -0.4 is 11.2 Å². The molecule has 9 nitrogen and oxygen atoms in total. The van der Waals surface area contributed by atoms with Crippen LogP contribution in [0.2, 0.25) is 0 Å². The Kier molecular flexibility index (Phi) is 3.67. The molecule has 1 saturated carbocycles. The number of nitrogens with two attached hydrogens (primary N) is 1. The highest BCUT2D eigenvalue weighted by Crippen LogP contribution is 2.33. The fourth-order valence-corrected chi connectivity index (χ4v) is 2.68. The topological polar surface area (TPSA) is 128 Å². The van der Waals surface area contributed by atoms with Crippen LogP contribution in [0.3, 0.4) is 0 Å². The molecule has 21 heavy (non-hydrogen) atoms. The number of nitrogens with one attached hydrogen (secondary N) is 1. The van der Waals surface area contributed by atoms with Crippen LogP contribution in [0.1, 0.15) is 25.3 Å². The first-order chi connectivity index (χ1) is 10.2. The number of ether oxygens (including phenoxy) is 1. The maximum absolute atomic E-state index is 11.0. The summed E-state index contributed by atoms with van der Waals surface area (Å²) < 4.78 is 7.43. The fraction of sp³-hybridized carbons (Fsp3) is 0.500. The molecule has 0 saturated heterocycles. The summed E-state index contributed by atoms with van der Waals surface area (Å²) >= 11 is 0. The van der Waals surface area contributed by atoms with Gasteiger partial charge in [0, 0.05) is 6.04 Å². The van der Waals surface area contributed by atoms with Crippen LogP contribution in [0.25, 0.3) is 11.2 Å². The van der Waals surface area contributed by atoms with Gasteiger partial charge in [0.25, 0.3) is 5.91 Å². The molecule has 2 atom stereocenters. The van der Waals surface area contributed by atoms with Gasteiger partial charge in [-0.05, 0) is 19.3 Å². The molecule has 0 aromatic carbocycles. The van der Waals surface area contributed by atoms with Crippen LogP contribution >= 0.6 is 0 Å². The average Bonchev–Trinajstić information content (AvgIpc) is 3.11. The van der Waals surface area contributed by atoms with Gasteiger partial charge in [0.05, 0.1) is 12.4 Å². The van der Waals surface area contributed by atoms with Crippen molar-refractivity contribution in [3.8, 4) is 0 Å². The zero-order valence-electron chi connectivity index (χ0n) is 11.3. The highest BCUT2D eigenvalue weighted by atomic mass is 16.5. The Morgan fingerprint density at radius 2 is 2.33 bits per heavy atom. The van der Waals surface area contributed by atoms with Crippen molar-refractivity contribution in [3.05, 3.63) is 12.7 Å². The van der Waals surface area contributed by atoms with Crippen LogP contribution in [-0.2, 0) is 9.53 Å². The summed E-state index contributed by atoms with van der Waals surface area (Å²) in [6.07, 6.45) is 5.61. The van der Waals surface area contributed by atoms with Crippen molar-refractivity contribution >= 4 is 22.9 Å². The molecule has 2 aromatic heterocycles. The van der Waals surface area contributed by atoms with E-state index in [2.05, 4.69) is 15.0 Å².